The predicted molar refractivity (Wildman–Crippen MR) is 69.1 cm³/mol. The molecule has 0 radical (unpaired) electrons. The van der Waals surface area contributed by atoms with E-state index in [0.29, 0.717) is 11.3 Å². The largest absolute Gasteiger partial charge is 0.380 e. The fourth-order valence-electron chi connectivity index (χ4n) is 2.16. The van der Waals surface area contributed by atoms with E-state index in [1.165, 1.54) is 18.2 Å². The van der Waals surface area contributed by atoms with Crippen LogP contribution in [0.2, 0.25) is 0 Å². The zero-order valence-corrected chi connectivity index (χ0v) is 10.4. The number of likely N-dealkylation sites (tertiary alicyclic amines) is 1. The van der Waals surface area contributed by atoms with Crippen LogP contribution in [0.4, 0.5) is 10.1 Å². The van der Waals surface area contributed by atoms with Crippen LogP contribution in [0, 0.1) is 5.82 Å². The number of carbonyl (C=O) groups excluding carboxylic acids is 1. The van der Waals surface area contributed by atoms with E-state index in [1.807, 2.05) is 0 Å². The average molecular weight is 251 g/mol. The number of piperidine rings is 1. The molecule has 0 unspecified atom stereocenters. The number of amides is 1. The van der Waals surface area contributed by atoms with Gasteiger partial charge in [-0.1, -0.05) is 0 Å². The van der Waals surface area contributed by atoms with Crippen molar-refractivity contribution in [2.45, 2.75) is 18.9 Å². The van der Waals surface area contributed by atoms with E-state index < -0.39 is 5.91 Å². The molecule has 0 aliphatic carbocycles. The maximum atomic E-state index is 13.6. The number of rotatable bonds is 3. The third-order valence-corrected chi connectivity index (χ3v) is 3.33. The maximum Gasteiger partial charge on any atom is 0.248 e. The Morgan fingerprint density at radius 1 is 1.44 bits per heavy atom. The first-order valence-electron chi connectivity index (χ1n) is 6.10. The molecule has 0 bridgehead atoms. The van der Waals surface area contributed by atoms with Gasteiger partial charge >= 0.3 is 0 Å². The lowest BCUT2D eigenvalue weighted by atomic mass is 10.0. The first kappa shape index (κ1) is 12.8. The standard InChI is InChI=1S/C13H18FN3O/c1-17-6-4-10(5-7-17)16-12-8-9(13(15)18)2-3-11(12)14/h2-3,8,10,16H,4-7H2,1H3,(H2,15,18). The van der Waals surface area contributed by atoms with Crippen LogP contribution < -0.4 is 11.1 Å². The smallest absolute Gasteiger partial charge is 0.248 e. The number of carbonyl (C=O) groups is 1. The number of hydrogen-bond donors (Lipinski definition) is 2. The van der Waals surface area contributed by atoms with Crippen LogP contribution in [-0.4, -0.2) is 37.0 Å². The second-order valence-corrected chi connectivity index (χ2v) is 4.78. The number of anilines is 1. The number of hydrogen-bond acceptors (Lipinski definition) is 3. The lowest BCUT2D eigenvalue weighted by Gasteiger charge is -2.30. The minimum Gasteiger partial charge on any atom is -0.380 e. The second kappa shape index (κ2) is 5.35. The van der Waals surface area contributed by atoms with Crippen molar-refractivity contribution in [3.63, 3.8) is 0 Å². The topological polar surface area (TPSA) is 58.4 Å². The van der Waals surface area contributed by atoms with Gasteiger partial charge in [-0.15, -0.1) is 0 Å². The van der Waals surface area contributed by atoms with E-state index in [2.05, 4.69) is 17.3 Å². The molecule has 0 atom stereocenters. The van der Waals surface area contributed by atoms with Gasteiger partial charge in [-0.25, -0.2) is 4.39 Å². The summed E-state index contributed by atoms with van der Waals surface area (Å²) in [5.74, 6) is -0.889. The van der Waals surface area contributed by atoms with E-state index in [4.69, 9.17) is 5.73 Å². The molecular weight excluding hydrogens is 233 g/mol. The van der Waals surface area contributed by atoms with Gasteiger partial charge < -0.3 is 16.0 Å². The molecule has 98 valence electrons. The van der Waals surface area contributed by atoms with Crippen molar-refractivity contribution in [2.24, 2.45) is 5.73 Å². The Morgan fingerprint density at radius 3 is 2.72 bits per heavy atom. The van der Waals surface area contributed by atoms with Crippen molar-refractivity contribution in [1.82, 2.24) is 4.90 Å². The molecule has 0 saturated carbocycles. The Balaban J connectivity index is 2.08. The Bertz CT molecular complexity index is 442. The first-order valence-corrected chi connectivity index (χ1v) is 6.10. The zero-order valence-electron chi connectivity index (χ0n) is 10.4. The Hall–Kier alpha value is -1.62. The summed E-state index contributed by atoms with van der Waals surface area (Å²) in [4.78, 5) is 13.3. The van der Waals surface area contributed by atoms with E-state index in [1.54, 1.807) is 0 Å². The third-order valence-electron chi connectivity index (χ3n) is 3.33. The van der Waals surface area contributed by atoms with Crippen molar-refractivity contribution in [3.8, 4) is 0 Å². The summed E-state index contributed by atoms with van der Waals surface area (Å²) in [5.41, 5.74) is 5.88. The number of primary amides is 1. The molecule has 1 saturated heterocycles. The van der Waals surface area contributed by atoms with Gasteiger partial charge in [0.15, 0.2) is 0 Å². The molecule has 0 aromatic heterocycles. The molecule has 1 amide bonds. The number of benzene rings is 1. The number of halogens is 1. The normalized spacial score (nSPS) is 17.7. The van der Waals surface area contributed by atoms with Crippen LogP contribution >= 0.6 is 0 Å². The van der Waals surface area contributed by atoms with Crippen LogP contribution in [0.1, 0.15) is 23.2 Å². The quantitative estimate of drug-likeness (QED) is 0.854. The van der Waals surface area contributed by atoms with Crippen LogP contribution in [0.25, 0.3) is 0 Å². The summed E-state index contributed by atoms with van der Waals surface area (Å²) in [6.45, 7) is 1.99. The number of nitrogens with two attached hydrogens (primary N) is 1. The van der Waals surface area contributed by atoms with Gasteiger partial charge in [0.25, 0.3) is 0 Å². The van der Waals surface area contributed by atoms with E-state index in [9.17, 15) is 9.18 Å². The second-order valence-electron chi connectivity index (χ2n) is 4.78. The minimum absolute atomic E-state index is 0.249. The maximum absolute atomic E-state index is 13.6. The number of nitrogens with zero attached hydrogens (tertiary/aromatic N) is 1. The summed E-state index contributed by atoms with van der Waals surface area (Å²) in [6, 6.07) is 4.41. The van der Waals surface area contributed by atoms with E-state index >= 15 is 0 Å². The molecule has 1 aliphatic rings. The highest BCUT2D eigenvalue weighted by molar-refractivity contribution is 5.93. The highest BCUT2D eigenvalue weighted by Gasteiger charge is 2.18. The van der Waals surface area contributed by atoms with Gasteiger partial charge in [-0.05, 0) is 51.2 Å². The summed E-state index contributed by atoms with van der Waals surface area (Å²) < 4.78 is 13.6. The molecule has 1 fully saturated rings. The van der Waals surface area contributed by atoms with Crippen molar-refractivity contribution in [3.05, 3.63) is 29.6 Å². The molecule has 1 heterocycles. The molecule has 18 heavy (non-hydrogen) atoms. The third kappa shape index (κ3) is 2.98. The Kier molecular flexibility index (Phi) is 3.81. The highest BCUT2D eigenvalue weighted by Crippen LogP contribution is 2.20. The zero-order chi connectivity index (χ0) is 13.1. The summed E-state index contributed by atoms with van der Waals surface area (Å²) in [5, 5.41) is 3.16. The highest BCUT2D eigenvalue weighted by atomic mass is 19.1. The lowest BCUT2D eigenvalue weighted by Crippen LogP contribution is -2.36. The van der Waals surface area contributed by atoms with Gasteiger partial charge in [-0.2, -0.15) is 0 Å². The van der Waals surface area contributed by atoms with E-state index in [0.717, 1.165) is 25.9 Å². The average Bonchev–Trinajstić information content (AvgIpc) is 2.34. The molecule has 3 N–H and O–H groups in total. The van der Waals surface area contributed by atoms with Gasteiger partial charge in [0.1, 0.15) is 5.82 Å². The molecule has 1 aromatic rings. The van der Waals surface area contributed by atoms with Crippen molar-refractivity contribution in [1.29, 1.82) is 0 Å². The fraction of sp³-hybridized carbons (Fsp3) is 0.462. The lowest BCUT2D eigenvalue weighted by molar-refractivity contribution is 0.100. The molecule has 2 rings (SSSR count). The van der Waals surface area contributed by atoms with Gasteiger partial charge in [0.2, 0.25) is 5.91 Å². The van der Waals surface area contributed by atoms with Gasteiger partial charge in [0, 0.05) is 11.6 Å². The Labute approximate surface area is 106 Å². The SMILES string of the molecule is CN1CCC(Nc2cc(C(N)=O)ccc2F)CC1. The fourth-order valence-corrected chi connectivity index (χ4v) is 2.16. The van der Waals surface area contributed by atoms with Crippen LogP contribution in [-0.2, 0) is 0 Å². The van der Waals surface area contributed by atoms with Crippen molar-refractivity contribution < 1.29 is 9.18 Å². The minimum atomic E-state index is -0.540. The van der Waals surface area contributed by atoms with Crippen molar-refractivity contribution in [2.75, 3.05) is 25.5 Å². The van der Waals surface area contributed by atoms with Crippen molar-refractivity contribution >= 4 is 11.6 Å². The summed E-state index contributed by atoms with van der Waals surface area (Å²) >= 11 is 0. The molecule has 0 spiro atoms. The Morgan fingerprint density at radius 2 is 2.11 bits per heavy atom. The molecule has 5 heteroatoms. The van der Waals surface area contributed by atoms with Gasteiger partial charge in [0.05, 0.1) is 5.69 Å². The summed E-state index contributed by atoms with van der Waals surface area (Å²) in [6.07, 6.45) is 1.94. The predicted octanol–water partition coefficient (Wildman–Crippen LogP) is 1.43. The van der Waals surface area contributed by atoms with Crippen LogP contribution in [0.15, 0.2) is 18.2 Å². The molecule has 4 nitrogen and oxygen atoms in total. The molecular formula is C13H18FN3O. The van der Waals surface area contributed by atoms with Gasteiger partial charge in [-0.3, -0.25) is 4.79 Å². The molecule has 1 aromatic carbocycles. The van der Waals surface area contributed by atoms with Crippen LogP contribution in [0.5, 0.6) is 0 Å². The van der Waals surface area contributed by atoms with E-state index in [-0.39, 0.29) is 11.9 Å². The number of nitrogens with one attached hydrogen (secondary N) is 1. The molecule has 1 aliphatic heterocycles. The monoisotopic (exact) mass is 251 g/mol. The first-order chi connectivity index (χ1) is 8.56. The van der Waals surface area contributed by atoms with Crippen LogP contribution in [0.3, 0.4) is 0 Å². The summed E-state index contributed by atoms with van der Waals surface area (Å²) in [7, 11) is 2.07.